The van der Waals surface area contributed by atoms with Crippen molar-refractivity contribution >= 4 is 28.7 Å². The number of hydrogen-bond donors (Lipinski definition) is 1. The second kappa shape index (κ2) is 8.08. The van der Waals surface area contributed by atoms with E-state index in [2.05, 4.69) is 15.3 Å². The number of hydrogen-bond acceptors (Lipinski definition) is 4. The molecule has 2 aromatic heterocycles. The number of fused-ring (bicyclic) bond motifs is 1. The number of nitrogens with zero attached hydrogens (tertiary/aromatic N) is 4. The second-order valence-electron chi connectivity index (χ2n) is 6.53. The molecule has 0 aliphatic carbocycles. The van der Waals surface area contributed by atoms with E-state index < -0.39 is 0 Å². The molecule has 0 atom stereocenters. The molecule has 0 bridgehead atoms. The number of aromatic nitrogens is 4. The number of para-hydroxylation sites is 1. The molecule has 2 heterocycles. The molecule has 29 heavy (non-hydrogen) atoms. The summed E-state index contributed by atoms with van der Waals surface area (Å²) in [7, 11) is 1.85. The van der Waals surface area contributed by atoms with Crippen molar-refractivity contribution in [2.45, 2.75) is 11.6 Å². The quantitative estimate of drug-likeness (QED) is 0.494. The summed E-state index contributed by atoms with van der Waals surface area (Å²) in [4.78, 5) is 21.3. The molecule has 4 rings (SSSR count). The van der Waals surface area contributed by atoms with Gasteiger partial charge in [0.15, 0.2) is 11.0 Å². The van der Waals surface area contributed by atoms with Crippen LogP contribution < -0.4 is 5.32 Å². The molecule has 0 saturated heterocycles. The Morgan fingerprint density at radius 1 is 1.24 bits per heavy atom. The van der Waals surface area contributed by atoms with Crippen molar-refractivity contribution in [1.29, 1.82) is 0 Å². The van der Waals surface area contributed by atoms with E-state index >= 15 is 0 Å². The van der Waals surface area contributed by atoms with Crippen LogP contribution in [0.3, 0.4) is 0 Å². The Hall–Kier alpha value is -3.13. The summed E-state index contributed by atoms with van der Waals surface area (Å²) in [5, 5.41) is 3.78. The number of nitrogens with one attached hydrogen (secondary N) is 1. The van der Waals surface area contributed by atoms with E-state index in [0.717, 1.165) is 22.2 Å². The molecule has 8 heteroatoms. The maximum atomic E-state index is 13.9. The summed E-state index contributed by atoms with van der Waals surface area (Å²) in [6.07, 6.45) is 6.07. The SMILES string of the molecule is CSc1nccn1-c1cccc(C(=O)NCCc2nc3c(F)cccc3n2C)c1. The van der Waals surface area contributed by atoms with Crippen molar-refractivity contribution in [2.75, 3.05) is 12.8 Å². The first-order valence-corrected chi connectivity index (χ1v) is 10.4. The minimum Gasteiger partial charge on any atom is -0.352 e. The van der Waals surface area contributed by atoms with Gasteiger partial charge in [0.2, 0.25) is 0 Å². The van der Waals surface area contributed by atoms with E-state index in [9.17, 15) is 9.18 Å². The van der Waals surface area contributed by atoms with Gasteiger partial charge in [-0.25, -0.2) is 14.4 Å². The van der Waals surface area contributed by atoms with Crippen LogP contribution in [0.1, 0.15) is 16.2 Å². The van der Waals surface area contributed by atoms with Crippen LogP contribution in [0.25, 0.3) is 16.7 Å². The molecular formula is C21H20FN5OS. The fourth-order valence-electron chi connectivity index (χ4n) is 3.28. The first-order valence-electron chi connectivity index (χ1n) is 9.14. The number of halogens is 1. The highest BCUT2D eigenvalue weighted by atomic mass is 32.2. The van der Waals surface area contributed by atoms with Gasteiger partial charge in [0.25, 0.3) is 5.91 Å². The number of amides is 1. The molecule has 0 aliphatic heterocycles. The maximum absolute atomic E-state index is 13.9. The Morgan fingerprint density at radius 2 is 2.07 bits per heavy atom. The highest BCUT2D eigenvalue weighted by molar-refractivity contribution is 7.98. The van der Waals surface area contributed by atoms with Gasteiger partial charge in [0.05, 0.1) is 5.52 Å². The van der Waals surface area contributed by atoms with E-state index in [1.54, 1.807) is 30.1 Å². The summed E-state index contributed by atoms with van der Waals surface area (Å²) < 4.78 is 17.7. The summed E-state index contributed by atoms with van der Waals surface area (Å²) >= 11 is 1.54. The molecule has 6 nitrogen and oxygen atoms in total. The number of benzene rings is 2. The molecular weight excluding hydrogens is 389 g/mol. The monoisotopic (exact) mass is 409 g/mol. The fourth-order valence-corrected chi connectivity index (χ4v) is 3.81. The third-order valence-corrected chi connectivity index (χ3v) is 5.43. The Morgan fingerprint density at radius 3 is 2.86 bits per heavy atom. The highest BCUT2D eigenvalue weighted by Gasteiger charge is 2.12. The average molecular weight is 409 g/mol. The average Bonchev–Trinajstić information content (AvgIpc) is 3.34. The minimum atomic E-state index is -0.339. The number of rotatable bonds is 6. The zero-order valence-electron chi connectivity index (χ0n) is 16.1. The van der Waals surface area contributed by atoms with Crippen LogP contribution in [-0.4, -0.2) is 37.8 Å². The predicted octanol–water partition coefficient (Wildman–Crippen LogP) is 3.59. The van der Waals surface area contributed by atoms with E-state index in [4.69, 9.17) is 0 Å². The van der Waals surface area contributed by atoms with Crippen LogP contribution in [0, 0.1) is 5.82 Å². The van der Waals surface area contributed by atoms with Crippen molar-refractivity contribution in [3.8, 4) is 5.69 Å². The van der Waals surface area contributed by atoms with E-state index in [0.29, 0.717) is 24.0 Å². The number of imidazole rings is 2. The highest BCUT2D eigenvalue weighted by Crippen LogP contribution is 2.20. The molecule has 0 radical (unpaired) electrons. The van der Waals surface area contributed by atoms with Crippen molar-refractivity contribution in [1.82, 2.24) is 24.4 Å². The third kappa shape index (κ3) is 3.75. The van der Waals surface area contributed by atoms with Gasteiger partial charge < -0.3 is 9.88 Å². The zero-order valence-corrected chi connectivity index (χ0v) is 16.9. The molecule has 0 fully saturated rings. The predicted molar refractivity (Wildman–Crippen MR) is 112 cm³/mol. The molecule has 2 aromatic carbocycles. The van der Waals surface area contributed by atoms with Crippen molar-refractivity contribution in [3.63, 3.8) is 0 Å². The molecule has 4 aromatic rings. The van der Waals surface area contributed by atoms with Gasteiger partial charge in [-0.15, -0.1) is 0 Å². The first kappa shape index (κ1) is 19.2. The molecule has 0 aliphatic rings. The van der Waals surface area contributed by atoms with Crippen molar-refractivity contribution < 1.29 is 9.18 Å². The van der Waals surface area contributed by atoms with Gasteiger partial charge in [-0.2, -0.15) is 0 Å². The Bertz CT molecular complexity index is 1180. The molecule has 0 unspecified atom stereocenters. The number of aryl methyl sites for hydroxylation is 1. The van der Waals surface area contributed by atoms with Crippen LogP contribution in [-0.2, 0) is 13.5 Å². The topological polar surface area (TPSA) is 64.7 Å². The molecule has 1 amide bonds. The third-order valence-electron chi connectivity index (χ3n) is 4.76. The lowest BCUT2D eigenvalue weighted by Crippen LogP contribution is -2.26. The summed E-state index contributed by atoms with van der Waals surface area (Å²) in [5.74, 6) is 0.221. The van der Waals surface area contributed by atoms with Gasteiger partial charge in [-0.1, -0.05) is 23.9 Å². The summed E-state index contributed by atoms with van der Waals surface area (Å²) in [6, 6.07) is 12.3. The lowest BCUT2D eigenvalue weighted by atomic mass is 10.2. The fraction of sp³-hybridized carbons (Fsp3) is 0.190. The lowest BCUT2D eigenvalue weighted by molar-refractivity contribution is 0.0954. The van der Waals surface area contributed by atoms with E-state index in [1.807, 2.05) is 52.9 Å². The van der Waals surface area contributed by atoms with Gasteiger partial charge in [-0.05, 0) is 36.6 Å². The van der Waals surface area contributed by atoms with Crippen LogP contribution in [0.5, 0.6) is 0 Å². The zero-order chi connectivity index (χ0) is 20.4. The van der Waals surface area contributed by atoms with Crippen LogP contribution in [0.15, 0.2) is 60.0 Å². The number of carbonyl (C=O) groups is 1. The van der Waals surface area contributed by atoms with Gasteiger partial charge in [0.1, 0.15) is 11.3 Å². The Kier molecular flexibility index (Phi) is 5.35. The van der Waals surface area contributed by atoms with Gasteiger partial charge in [0, 0.05) is 43.7 Å². The number of thioether (sulfide) groups is 1. The second-order valence-corrected chi connectivity index (χ2v) is 7.31. The van der Waals surface area contributed by atoms with Crippen LogP contribution >= 0.6 is 11.8 Å². The lowest BCUT2D eigenvalue weighted by Gasteiger charge is -2.09. The maximum Gasteiger partial charge on any atom is 0.251 e. The smallest absolute Gasteiger partial charge is 0.251 e. The minimum absolute atomic E-state index is 0.164. The Balaban J connectivity index is 1.45. The van der Waals surface area contributed by atoms with E-state index in [-0.39, 0.29) is 11.7 Å². The number of carbonyl (C=O) groups excluding carboxylic acids is 1. The van der Waals surface area contributed by atoms with Crippen LogP contribution in [0.2, 0.25) is 0 Å². The van der Waals surface area contributed by atoms with Crippen molar-refractivity contribution in [2.24, 2.45) is 7.05 Å². The van der Waals surface area contributed by atoms with Gasteiger partial charge >= 0.3 is 0 Å². The Labute approximate surface area is 171 Å². The standard InChI is InChI=1S/C21H20FN5OS/c1-26-17-8-4-7-16(22)19(17)25-18(26)9-10-23-20(28)14-5-3-6-15(13-14)27-12-11-24-21(27)29-2/h3-8,11-13H,9-10H2,1-2H3,(H,23,28). The van der Waals surface area contributed by atoms with Crippen LogP contribution in [0.4, 0.5) is 4.39 Å². The first-order chi connectivity index (χ1) is 14.1. The normalized spacial score (nSPS) is 11.1. The van der Waals surface area contributed by atoms with E-state index in [1.165, 1.54) is 6.07 Å². The molecule has 0 saturated carbocycles. The summed E-state index contributed by atoms with van der Waals surface area (Å²) in [6.45, 7) is 0.406. The molecule has 0 spiro atoms. The summed E-state index contributed by atoms with van der Waals surface area (Å²) in [5.41, 5.74) is 2.54. The largest absolute Gasteiger partial charge is 0.352 e. The molecule has 148 valence electrons. The molecule has 1 N–H and O–H groups in total. The van der Waals surface area contributed by atoms with Gasteiger partial charge in [-0.3, -0.25) is 9.36 Å². The van der Waals surface area contributed by atoms with Crippen molar-refractivity contribution in [3.05, 3.63) is 72.1 Å².